The molecule has 3 heterocycles. The van der Waals surface area contributed by atoms with Crippen LogP contribution >= 0.6 is 0 Å². The Morgan fingerprint density at radius 2 is 2.06 bits per heavy atom. The van der Waals surface area contributed by atoms with Crippen molar-refractivity contribution in [3.8, 4) is 0 Å². The van der Waals surface area contributed by atoms with Crippen molar-refractivity contribution >= 4 is 21.5 Å². The van der Waals surface area contributed by atoms with Crippen molar-refractivity contribution in [3.63, 3.8) is 0 Å². The third kappa shape index (κ3) is 3.84. The molecule has 11 heteroatoms. The molecule has 0 unspecified atom stereocenters. The molecule has 1 saturated carbocycles. The average molecular weight is 473 g/mol. The largest absolute Gasteiger partial charge is 0.336 e. The number of sulfonamides is 1. The van der Waals surface area contributed by atoms with E-state index in [1.807, 2.05) is 19.9 Å². The minimum absolute atomic E-state index is 0.0181. The van der Waals surface area contributed by atoms with Gasteiger partial charge in [-0.15, -0.1) is 0 Å². The van der Waals surface area contributed by atoms with Crippen molar-refractivity contribution < 1.29 is 12.8 Å². The van der Waals surface area contributed by atoms with E-state index in [1.54, 1.807) is 16.9 Å². The minimum Gasteiger partial charge on any atom is -0.336 e. The molecule has 2 aromatic heterocycles. The normalized spacial score (nSPS) is 21.5. The van der Waals surface area contributed by atoms with Crippen LogP contribution in [0.4, 0.5) is 15.9 Å². The van der Waals surface area contributed by atoms with E-state index in [1.165, 1.54) is 12.1 Å². The van der Waals surface area contributed by atoms with Gasteiger partial charge in [0.2, 0.25) is 10.0 Å². The summed E-state index contributed by atoms with van der Waals surface area (Å²) >= 11 is 0. The third-order valence-electron chi connectivity index (χ3n) is 6.50. The van der Waals surface area contributed by atoms with Crippen LogP contribution in [0.5, 0.6) is 0 Å². The van der Waals surface area contributed by atoms with Crippen LogP contribution < -0.4 is 15.6 Å². The van der Waals surface area contributed by atoms with Crippen LogP contribution in [0, 0.1) is 5.82 Å². The molecule has 0 saturated heterocycles. The number of H-pyrrole nitrogens is 1. The van der Waals surface area contributed by atoms with E-state index in [-0.39, 0.29) is 46.1 Å². The molecule has 2 aliphatic rings. The summed E-state index contributed by atoms with van der Waals surface area (Å²) in [7, 11) is -3.63. The monoisotopic (exact) mass is 472 g/mol. The highest BCUT2D eigenvalue weighted by Gasteiger charge is 2.31. The number of aromatic nitrogens is 4. The number of hydrogen-bond donors (Lipinski definition) is 3. The summed E-state index contributed by atoms with van der Waals surface area (Å²) in [5, 5.41) is 14.5. The molecule has 3 N–H and O–H groups in total. The summed E-state index contributed by atoms with van der Waals surface area (Å²) in [4.78, 5) is 12.8. The summed E-state index contributed by atoms with van der Waals surface area (Å²) in [6, 6.07) is 6.42. The van der Waals surface area contributed by atoms with Gasteiger partial charge in [-0.2, -0.15) is 10.2 Å². The zero-order valence-electron chi connectivity index (χ0n) is 18.3. The number of anilines is 2. The van der Waals surface area contributed by atoms with Crippen LogP contribution in [0.3, 0.4) is 0 Å². The first-order valence-electron chi connectivity index (χ1n) is 11.0. The molecule has 3 aromatic rings. The van der Waals surface area contributed by atoms with Crippen molar-refractivity contribution in [1.82, 2.24) is 24.7 Å². The number of nitrogens with zero attached hydrogens (tertiary/aromatic N) is 3. The number of aromatic amines is 1. The van der Waals surface area contributed by atoms with Gasteiger partial charge in [0.25, 0.3) is 5.56 Å². The summed E-state index contributed by atoms with van der Waals surface area (Å²) in [5.41, 5.74) is 1.92. The average Bonchev–Trinajstić information content (AvgIpc) is 3.49. The molecule has 0 amide bonds. The lowest BCUT2D eigenvalue weighted by atomic mass is 10.0. The minimum atomic E-state index is -3.63. The van der Waals surface area contributed by atoms with Gasteiger partial charge in [-0.05, 0) is 43.4 Å². The highest BCUT2D eigenvalue weighted by molar-refractivity contribution is 7.89. The van der Waals surface area contributed by atoms with Crippen LogP contribution in [0.2, 0.25) is 0 Å². The van der Waals surface area contributed by atoms with E-state index in [4.69, 9.17) is 0 Å². The van der Waals surface area contributed by atoms with Gasteiger partial charge < -0.3 is 5.32 Å². The zero-order chi connectivity index (χ0) is 23.3. The first kappa shape index (κ1) is 21.8. The Balaban J connectivity index is 1.32. The maximum atomic E-state index is 14.8. The van der Waals surface area contributed by atoms with E-state index in [0.29, 0.717) is 5.82 Å². The molecule has 0 bridgehead atoms. The lowest BCUT2D eigenvalue weighted by Gasteiger charge is -2.15. The Kier molecular flexibility index (Phi) is 5.32. The van der Waals surface area contributed by atoms with E-state index in [0.717, 1.165) is 30.5 Å². The molecule has 0 radical (unpaired) electrons. The van der Waals surface area contributed by atoms with Crippen molar-refractivity contribution in [2.24, 2.45) is 0 Å². The number of hydrogen-bond acceptors (Lipinski definition) is 6. The van der Waals surface area contributed by atoms with E-state index < -0.39 is 15.8 Å². The van der Waals surface area contributed by atoms with Gasteiger partial charge in [-0.3, -0.25) is 9.89 Å². The van der Waals surface area contributed by atoms with E-state index in [9.17, 15) is 17.6 Å². The molecule has 33 heavy (non-hydrogen) atoms. The molecule has 1 aliphatic heterocycles. The number of halogens is 1. The highest BCUT2D eigenvalue weighted by atomic mass is 32.2. The Hall–Kier alpha value is -3.05. The molecule has 174 valence electrons. The standard InChI is InChI=1S/C22H25FN6O3S/c1-12(2)15-7-8-24-29(22(15)30)14-4-3-13(9-14)18-10-20(28-27-18)26-17-5-6-19-16(21(17)23)11-25-33(19,31)32/h5-8,10,12-14,25H,3-4,9,11H2,1-2H3,(H2,26,27,28)/t13-,14+/m1/s1. The lowest BCUT2D eigenvalue weighted by molar-refractivity contribution is 0.433. The van der Waals surface area contributed by atoms with Crippen LogP contribution in [-0.4, -0.2) is 28.4 Å². The molecule has 9 nitrogen and oxygen atoms in total. The fourth-order valence-corrected chi connectivity index (χ4v) is 5.94. The SMILES string of the molecule is CC(C)c1ccnn([C@H]2CC[C@@H](c3cc(Nc4ccc5c(c4F)CNS5(=O)=O)n[nH]3)C2)c1=O. The predicted octanol–water partition coefficient (Wildman–Crippen LogP) is 3.27. The first-order chi connectivity index (χ1) is 15.7. The number of benzene rings is 1. The van der Waals surface area contributed by atoms with E-state index in [2.05, 4.69) is 25.3 Å². The third-order valence-corrected chi connectivity index (χ3v) is 7.99. The summed E-state index contributed by atoms with van der Waals surface area (Å²) in [6.45, 7) is 3.92. The van der Waals surface area contributed by atoms with Crippen LogP contribution in [0.15, 0.2) is 40.2 Å². The van der Waals surface area contributed by atoms with Gasteiger partial charge in [0.1, 0.15) is 0 Å². The van der Waals surface area contributed by atoms with Gasteiger partial charge in [-0.25, -0.2) is 22.2 Å². The van der Waals surface area contributed by atoms with Gasteiger partial charge in [-0.1, -0.05) is 13.8 Å². The summed E-state index contributed by atoms with van der Waals surface area (Å²) in [5.74, 6) is 0.148. The predicted molar refractivity (Wildman–Crippen MR) is 121 cm³/mol. The van der Waals surface area contributed by atoms with Gasteiger partial charge in [0.15, 0.2) is 11.6 Å². The smallest absolute Gasteiger partial charge is 0.270 e. The molecule has 0 spiro atoms. The Morgan fingerprint density at radius 1 is 1.24 bits per heavy atom. The van der Waals surface area contributed by atoms with Crippen LogP contribution in [0.25, 0.3) is 0 Å². The summed E-state index contributed by atoms with van der Waals surface area (Å²) in [6.07, 6.45) is 4.16. The molecule has 2 atom stereocenters. The topological polar surface area (TPSA) is 122 Å². The molecule has 1 aliphatic carbocycles. The van der Waals surface area contributed by atoms with Crippen LogP contribution in [0.1, 0.15) is 67.8 Å². The second-order valence-corrected chi connectivity index (χ2v) is 10.7. The van der Waals surface area contributed by atoms with Crippen LogP contribution in [-0.2, 0) is 16.6 Å². The van der Waals surface area contributed by atoms with Gasteiger partial charge in [0, 0.05) is 41.5 Å². The van der Waals surface area contributed by atoms with Gasteiger partial charge >= 0.3 is 0 Å². The summed E-state index contributed by atoms with van der Waals surface area (Å²) < 4.78 is 42.5. The lowest BCUT2D eigenvalue weighted by Crippen LogP contribution is -2.29. The zero-order valence-corrected chi connectivity index (χ0v) is 19.1. The first-order valence-corrected chi connectivity index (χ1v) is 12.4. The molecular formula is C22H25FN6O3S. The Morgan fingerprint density at radius 3 is 2.85 bits per heavy atom. The number of nitrogens with one attached hydrogen (secondary N) is 3. The Labute approximate surface area is 190 Å². The molecule has 1 fully saturated rings. The maximum absolute atomic E-state index is 14.8. The van der Waals surface area contributed by atoms with Crippen molar-refractivity contribution in [1.29, 1.82) is 0 Å². The van der Waals surface area contributed by atoms with Crippen molar-refractivity contribution in [2.75, 3.05) is 5.32 Å². The van der Waals surface area contributed by atoms with Crippen molar-refractivity contribution in [2.45, 2.75) is 62.4 Å². The fourth-order valence-electron chi connectivity index (χ4n) is 4.71. The highest BCUT2D eigenvalue weighted by Crippen LogP contribution is 2.40. The van der Waals surface area contributed by atoms with Gasteiger partial charge in [0.05, 0.1) is 16.6 Å². The maximum Gasteiger partial charge on any atom is 0.270 e. The molecule has 5 rings (SSSR count). The Bertz CT molecular complexity index is 1380. The molecule has 1 aromatic carbocycles. The molecular weight excluding hydrogens is 447 g/mol. The number of rotatable bonds is 5. The number of fused-ring (bicyclic) bond motifs is 1. The quantitative estimate of drug-likeness (QED) is 0.524. The second-order valence-electron chi connectivity index (χ2n) is 8.92. The second kappa shape index (κ2) is 8.07. The van der Waals surface area contributed by atoms with E-state index >= 15 is 0 Å². The van der Waals surface area contributed by atoms with Crippen molar-refractivity contribution in [3.05, 3.63) is 63.5 Å². The fraction of sp³-hybridized carbons (Fsp3) is 0.409.